The second kappa shape index (κ2) is 8.34. The zero-order valence-corrected chi connectivity index (χ0v) is 14.7. The van der Waals surface area contributed by atoms with Crippen molar-refractivity contribution in [2.45, 2.75) is 36.4 Å². The van der Waals surface area contributed by atoms with Crippen molar-refractivity contribution in [2.75, 3.05) is 13.1 Å². The molecule has 1 aromatic rings. The molecular weight excluding hydrogens is 364 g/mol. The molecule has 0 saturated carbocycles. The molecule has 10 nitrogen and oxygen atoms in total. The highest BCUT2D eigenvalue weighted by atomic mass is 32.2. The number of aliphatic hydroxyl groups is 1. The average molecular weight is 384 g/mol. The molecule has 1 unspecified atom stereocenters. The van der Waals surface area contributed by atoms with Crippen LogP contribution in [-0.2, 0) is 24.4 Å². The number of aliphatic hydroxyl groups excluding tert-OH is 1. The van der Waals surface area contributed by atoms with Crippen molar-refractivity contribution in [1.82, 2.24) is 14.6 Å². The molecule has 2 amide bonds. The Kier molecular flexibility index (Phi) is 6.40. The third-order valence-corrected chi connectivity index (χ3v) is 5.67. The number of sulfonamides is 1. The van der Waals surface area contributed by atoms with Gasteiger partial charge in [-0.3, -0.25) is 14.4 Å². The summed E-state index contributed by atoms with van der Waals surface area (Å²) in [6.45, 7) is -0.289. The van der Waals surface area contributed by atoms with Crippen molar-refractivity contribution in [2.24, 2.45) is 5.73 Å². The van der Waals surface area contributed by atoms with E-state index in [2.05, 4.69) is 10.3 Å². The van der Waals surface area contributed by atoms with Crippen LogP contribution in [0.5, 0.6) is 0 Å². The van der Waals surface area contributed by atoms with Crippen molar-refractivity contribution in [3.8, 4) is 0 Å². The van der Waals surface area contributed by atoms with Gasteiger partial charge in [0.2, 0.25) is 11.8 Å². The SMILES string of the molecule is NC(=O)[C@@H](O)CC(=O)NC1CCCN(S(=O)(=O)c2ccccn2)CC1=O. The molecule has 4 N–H and O–H groups in total. The number of aromatic nitrogens is 1. The average Bonchev–Trinajstić information content (AvgIpc) is 2.78. The van der Waals surface area contributed by atoms with Gasteiger partial charge in [0.15, 0.2) is 10.8 Å². The standard InChI is InChI=1S/C15H20N4O6S/c16-15(23)11(20)8-13(22)18-10-4-3-7-19(9-12(10)21)26(24,25)14-5-1-2-6-17-14/h1-2,5-6,10-11,20H,3-4,7-9H2,(H2,16,23)(H,18,22)/t10?,11-/m0/s1. The van der Waals surface area contributed by atoms with Crippen molar-refractivity contribution in [3.63, 3.8) is 0 Å². The Morgan fingerprint density at radius 2 is 2.15 bits per heavy atom. The van der Waals surface area contributed by atoms with E-state index >= 15 is 0 Å². The van der Waals surface area contributed by atoms with Gasteiger partial charge in [0.25, 0.3) is 10.0 Å². The van der Waals surface area contributed by atoms with Crippen molar-refractivity contribution < 1.29 is 27.9 Å². The van der Waals surface area contributed by atoms with Crippen LogP contribution in [0.3, 0.4) is 0 Å². The van der Waals surface area contributed by atoms with Gasteiger partial charge in [0.05, 0.1) is 19.0 Å². The third-order valence-electron chi connectivity index (χ3n) is 3.91. The largest absolute Gasteiger partial charge is 0.383 e. The van der Waals surface area contributed by atoms with Gasteiger partial charge in [-0.05, 0) is 25.0 Å². The van der Waals surface area contributed by atoms with Gasteiger partial charge in [-0.25, -0.2) is 13.4 Å². The fourth-order valence-corrected chi connectivity index (χ4v) is 3.89. The predicted molar refractivity (Wildman–Crippen MR) is 89.0 cm³/mol. The number of nitrogens with two attached hydrogens (primary N) is 1. The zero-order valence-electron chi connectivity index (χ0n) is 13.9. The minimum Gasteiger partial charge on any atom is -0.383 e. The molecule has 2 atom stereocenters. The molecule has 1 aliphatic rings. The molecule has 2 heterocycles. The number of primary amides is 1. The first-order valence-corrected chi connectivity index (χ1v) is 9.36. The molecule has 0 aliphatic carbocycles. The summed E-state index contributed by atoms with van der Waals surface area (Å²) in [5.41, 5.74) is 4.88. The lowest BCUT2D eigenvalue weighted by Crippen LogP contribution is -2.45. The Morgan fingerprint density at radius 1 is 1.42 bits per heavy atom. The monoisotopic (exact) mass is 384 g/mol. The first-order chi connectivity index (χ1) is 12.2. The number of rotatable bonds is 6. The van der Waals surface area contributed by atoms with Crippen molar-refractivity contribution in [1.29, 1.82) is 0 Å². The fraction of sp³-hybridized carbons (Fsp3) is 0.467. The van der Waals surface area contributed by atoms with E-state index in [4.69, 9.17) is 5.73 Å². The van der Waals surface area contributed by atoms with E-state index in [-0.39, 0.29) is 18.0 Å². The molecule has 26 heavy (non-hydrogen) atoms. The number of nitrogens with zero attached hydrogens (tertiary/aromatic N) is 2. The number of carbonyl (C=O) groups excluding carboxylic acids is 3. The summed E-state index contributed by atoms with van der Waals surface area (Å²) in [6.07, 6.45) is -0.265. The van der Waals surface area contributed by atoms with Crippen molar-refractivity contribution >= 4 is 27.6 Å². The van der Waals surface area contributed by atoms with Crippen LogP contribution in [0.4, 0.5) is 0 Å². The number of Topliss-reactive ketones (excluding diaryl/α,β-unsaturated/α-hetero) is 1. The van der Waals surface area contributed by atoms with Crippen LogP contribution in [0.1, 0.15) is 19.3 Å². The third kappa shape index (κ3) is 4.84. The number of amides is 2. The maximum Gasteiger partial charge on any atom is 0.260 e. The minimum atomic E-state index is -3.91. The van der Waals surface area contributed by atoms with E-state index < -0.39 is 52.7 Å². The van der Waals surface area contributed by atoms with Gasteiger partial charge >= 0.3 is 0 Å². The number of pyridine rings is 1. The highest BCUT2D eigenvalue weighted by molar-refractivity contribution is 7.89. The van der Waals surface area contributed by atoms with Crippen LogP contribution >= 0.6 is 0 Å². The van der Waals surface area contributed by atoms with Crippen LogP contribution in [0.2, 0.25) is 0 Å². The molecule has 142 valence electrons. The van der Waals surface area contributed by atoms with E-state index in [9.17, 15) is 27.9 Å². The van der Waals surface area contributed by atoms with Gasteiger partial charge in [-0.2, -0.15) is 4.31 Å². The Morgan fingerprint density at radius 3 is 2.77 bits per heavy atom. The maximum atomic E-state index is 12.6. The molecule has 1 fully saturated rings. The summed E-state index contributed by atoms with van der Waals surface area (Å²) in [7, 11) is -3.91. The normalized spacial score (nSPS) is 20.2. The summed E-state index contributed by atoms with van der Waals surface area (Å²) in [5.74, 6) is -2.24. The zero-order chi connectivity index (χ0) is 19.3. The van der Waals surface area contributed by atoms with E-state index in [0.717, 1.165) is 4.31 Å². The van der Waals surface area contributed by atoms with Gasteiger partial charge in [-0.1, -0.05) is 6.07 Å². The van der Waals surface area contributed by atoms with Crippen LogP contribution in [0.25, 0.3) is 0 Å². The molecule has 1 aromatic heterocycles. The fourth-order valence-electron chi connectivity index (χ4n) is 2.52. The van der Waals surface area contributed by atoms with Crippen LogP contribution in [0.15, 0.2) is 29.4 Å². The molecule has 1 aliphatic heterocycles. The van der Waals surface area contributed by atoms with Crippen LogP contribution < -0.4 is 11.1 Å². The smallest absolute Gasteiger partial charge is 0.260 e. The number of hydrogen-bond donors (Lipinski definition) is 3. The molecule has 0 aromatic carbocycles. The van der Waals surface area contributed by atoms with E-state index in [1.807, 2.05) is 0 Å². The van der Waals surface area contributed by atoms with Gasteiger partial charge < -0.3 is 16.2 Å². The van der Waals surface area contributed by atoms with Gasteiger partial charge in [-0.15, -0.1) is 0 Å². The Labute approximate surface area is 150 Å². The van der Waals surface area contributed by atoms with Gasteiger partial charge in [0.1, 0.15) is 6.10 Å². The number of nitrogens with one attached hydrogen (secondary N) is 1. The van der Waals surface area contributed by atoms with Crippen molar-refractivity contribution in [3.05, 3.63) is 24.4 Å². The minimum absolute atomic E-state index is 0.112. The van der Waals surface area contributed by atoms with Crippen LogP contribution in [0, 0.1) is 0 Å². The summed E-state index contributed by atoms with van der Waals surface area (Å²) in [4.78, 5) is 38.8. The maximum absolute atomic E-state index is 12.6. The molecule has 0 spiro atoms. The summed E-state index contributed by atoms with van der Waals surface area (Å²) in [6, 6.07) is 3.56. The lowest BCUT2D eigenvalue weighted by atomic mass is 10.1. The molecule has 2 rings (SSSR count). The Balaban J connectivity index is 2.04. The number of ketones is 1. The highest BCUT2D eigenvalue weighted by Gasteiger charge is 2.33. The lowest BCUT2D eigenvalue weighted by Gasteiger charge is -2.19. The summed E-state index contributed by atoms with van der Waals surface area (Å²) in [5, 5.41) is 11.6. The number of hydrogen-bond acceptors (Lipinski definition) is 7. The Bertz CT molecular complexity index is 783. The van der Waals surface area contributed by atoms with Crippen LogP contribution in [-0.4, -0.2) is 65.6 Å². The first kappa shape index (κ1) is 19.9. The lowest BCUT2D eigenvalue weighted by molar-refractivity contribution is -0.133. The second-order valence-electron chi connectivity index (χ2n) is 5.86. The highest BCUT2D eigenvalue weighted by Crippen LogP contribution is 2.17. The molecule has 11 heteroatoms. The van der Waals surface area contributed by atoms with E-state index in [1.54, 1.807) is 6.07 Å². The summed E-state index contributed by atoms with van der Waals surface area (Å²) < 4.78 is 26.2. The van der Waals surface area contributed by atoms with E-state index in [0.29, 0.717) is 6.42 Å². The quantitative estimate of drug-likeness (QED) is 0.519. The molecule has 0 bridgehead atoms. The topological polar surface area (TPSA) is 160 Å². The van der Waals surface area contributed by atoms with E-state index in [1.165, 1.54) is 18.3 Å². The van der Waals surface area contributed by atoms with Gasteiger partial charge in [0, 0.05) is 12.7 Å². The molecule has 1 saturated heterocycles. The Hall–Kier alpha value is -2.37. The summed E-state index contributed by atoms with van der Waals surface area (Å²) >= 11 is 0. The molecular formula is C15H20N4O6S. The predicted octanol–water partition coefficient (Wildman–Crippen LogP) is -1.84. The first-order valence-electron chi connectivity index (χ1n) is 7.92. The second-order valence-corrected chi connectivity index (χ2v) is 7.74. The number of carbonyl (C=O) groups is 3. The molecule has 0 radical (unpaired) electrons.